The van der Waals surface area contributed by atoms with Crippen molar-refractivity contribution in [2.45, 2.75) is 6.92 Å². The Morgan fingerprint density at radius 2 is 2.50 bits per heavy atom. The van der Waals surface area contributed by atoms with Gasteiger partial charge in [-0.1, -0.05) is 12.8 Å². The molecule has 1 N–H and O–H groups in total. The van der Waals surface area contributed by atoms with Gasteiger partial charge in [0.15, 0.2) is 0 Å². The smallest absolute Gasteiger partial charge is 0.0573 e. The molecule has 0 unspecified atom stereocenters. The summed E-state index contributed by atoms with van der Waals surface area (Å²) in [4.78, 5) is 0. The molecule has 0 fully saturated rings. The van der Waals surface area contributed by atoms with Gasteiger partial charge < -0.3 is 5.32 Å². The van der Waals surface area contributed by atoms with Gasteiger partial charge in [-0.25, -0.2) is 0 Å². The van der Waals surface area contributed by atoms with Gasteiger partial charge in [0.05, 0.1) is 6.54 Å². The molecule has 0 saturated heterocycles. The summed E-state index contributed by atoms with van der Waals surface area (Å²) in [7, 11) is 0. The molecule has 0 radical (unpaired) electrons. The molecule has 0 aliphatic rings. The first kappa shape index (κ1) is 5.52. The fourth-order valence-electron chi connectivity index (χ4n) is 0.197. The van der Waals surface area contributed by atoms with Crippen LogP contribution in [0.4, 0.5) is 0 Å². The summed E-state index contributed by atoms with van der Waals surface area (Å²) in [6.45, 7) is 3.68. The Kier molecular flexibility index (Phi) is 4.16. The molecule has 0 aromatic rings. The first-order valence-corrected chi connectivity index (χ1v) is 2.06. The third-order valence-electron chi connectivity index (χ3n) is 0.477. The maximum atomic E-state index is 4.90. The highest BCUT2D eigenvalue weighted by molar-refractivity contribution is 4.85. The molecule has 1 nitrogen and oxygen atoms in total. The molecule has 0 heterocycles. The second kappa shape index (κ2) is 4.52. The Morgan fingerprint density at radius 1 is 1.83 bits per heavy atom. The average Bonchev–Trinajstić information content (AvgIpc) is 1.61. The van der Waals surface area contributed by atoms with E-state index in [9.17, 15) is 0 Å². The second-order valence-corrected chi connectivity index (χ2v) is 0.984. The zero-order valence-electron chi connectivity index (χ0n) is 3.99. The van der Waals surface area contributed by atoms with Gasteiger partial charge in [0.1, 0.15) is 0 Å². The third kappa shape index (κ3) is 3.52. The van der Waals surface area contributed by atoms with Crippen LogP contribution in [0.25, 0.3) is 0 Å². The van der Waals surface area contributed by atoms with E-state index in [1.54, 1.807) is 0 Å². The third-order valence-corrected chi connectivity index (χ3v) is 0.477. The van der Waals surface area contributed by atoms with E-state index in [0.717, 1.165) is 6.54 Å². The van der Waals surface area contributed by atoms with Gasteiger partial charge in [-0.15, -0.1) is 6.42 Å². The molecule has 1 heteroatoms. The van der Waals surface area contributed by atoms with Gasteiger partial charge in [-0.3, -0.25) is 0 Å². The van der Waals surface area contributed by atoms with Crippen LogP contribution in [0.15, 0.2) is 0 Å². The lowest BCUT2D eigenvalue weighted by molar-refractivity contribution is 0.811. The Morgan fingerprint density at radius 3 is 2.67 bits per heavy atom. The van der Waals surface area contributed by atoms with E-state index in [1.165, 1.54) is 0 Å². The molecule has 0 atom stereocenters. The Hall–Kier alpha value is -0.480. The van der Waals surface area contributed by atoms with Crippen LogP contribution in [-0.2, 0) is 0 Å². The van der Waals surface area contributed by atoms with Crippen molar-refractivity contribution in [3.63, 3.8) is 0 Å². The first-order chi connectivity index (χ1) is 2.91. The van der Waals surface area contributed by atoms with Crippen molar-refractivity contribution in [3.05, 3.63) is 0 Å². The van der Waals surface area contributed by atoms with Crippen molar-refractivity contribution in [1.82, 2.24) is 5.32 Å². The fraction of sp³-hybridized carbons (Fsp3) is 0.600. The van der Waals surface area contributed by atoms with E-state index in [2.05, 4.69) is 11.2 Å². The Labute approximate surface area is 38.7 Å². The Balaban J connectivity index is 2.54. The summed E-state index contributed by atoms with van der Waals surface area (Å²) in [5.74, 6) is 2.46. The van der Waals surface area contributed by atoms with Gasteiger partial charge in [-0.05, 0) is 6.54 Å². The molecule has 0 saturated carbocycles. The minimum absolute atomic E-state index is 0.691. The number of rotatable bonds is 2. The lowest BCUT2D eigenvalue weighted by Crippen LogP contribution is -2.11. The number of hydrogen-bond acceptors (Lipinski definition) is 1. The van der Waals surface area contributed by atoms with E-state index in [0.29, 0.717) is 6.54 Å². The van der Waals surface area contributed by atoms with E-state index >= 15 is 0 Å². The molecule has 34 valence electrons. The highest BCUT2D eigenvalue weighted by atomic mass is 14.8. The van der Waals surface area contributed by atoms with Gasteiger partial charge in [0, 0.05) is 0 Å². The summed E-state index contributed by atoms with van der Waals surface area (Å²) in [6, 6.07) is 0. The SMILES string of the molecule is C#CCNCC. The zero-order valence-corrected chi connectivity index (χ0v) is 3.99. The van der Waals surface area contributed by atoms with Gasteiger partial charge >= 0.3 is 0 Å². The van der Waals surface area contributed by atoms with Gasteiger partial charge in [0.25, 0.3) is 0 Å². The maximum Gasteiger partial charge on any atom is 0.0573 e. The topological polar surface area (TPSA) is 12.0 Å². The van der Waals surface area contributed by atoms with Crippen LogP contribution >= 0.6 is 0 Å². The molecule has 0 aromatic heterocycles. The van der Waals surface area contributed by atoms with Crippen molar-refractivity contribution < 1.29 is 0 Å². The van der Waals surface area contributed by atoms with Gasteiger partial charge in [0.2, 0.25) is 0 Å². The van der Waals surface area contributed by atoms with Crippen molar-refractivity contribution >= 4 is 0 Å². The second-order valence-electron chi connectivity index (χ2n) is 0.984. The lowest BCUT2D eigenvalue weighted by atomic mass is 10.6. The predicted molar refractivity (Wildman–Crippen MR) is 27.4 cm³/mol. The molecule has 0 spiro atoms. The highest BCUT2D eigenvalue weighted by Gasteiger charge is 1.66. The van der Waals surface area contributed by atoms with E-state index in [-0.39, 0.29) is 0 Å². The monoisotopic (exact) mass is 83.1 g/mol. The van der Waals surface area contributed by atoms with Crippen LogP contribution in [-0.4, -0.2) is 13.1 Å². The lowest BCUT2D eigenvalue weighted by Gasteiger charge is -1.86. The van der Waals surface area contributed by atoms with Gasteiger partial charge in [-0.2, -0.15) is 0 Å². The van der Waals surface area contributed by atoms with Crippen molar-refractivity contribution in [3.8, 4) is 12.3 Å². The number of hydrogen-bond donors (Lipinski definition) is 1. The fourth-order valence-corrected chi connectivity index (χ4v) is 0.197. The molecule has 0 aliphatic heterocycles. The molecule has 0 amide bonds. The number of terminal acetylenes is 1. The predicted octanol–water partition coefficient (Wildman–Crippen LogP) is 0.229. The van der Waals surface area contributed by atoms with E-state index in [1.807, 2.05) is 6.92 Å². The first-order valence-electron chi connectivity index (χ1n) is 2.06. The highest BCUT2D eigenvalue weighted by Crippen LogP contribution is 1.48. The molecule has 0 bridgehead atoms. The van der Waals surface area contributed by atoms with Crippen LogP contribution in [0.3, 0.4) is 0 Å². The van der Waals surface area contributed by atoms with Crippen LogP contribution in [0.1, 0.15) is 6.92 Å². The van der Waals surface area contributed by atoms with E-state index in [4.69, 9.17) is 6.42 Å². The van der Waals surface area contributed by atoms with Crippen LogP contribution in [0, 0.1) is 12.3 Å². The van der Waals surface area contributed by atoms with Crippen LogP contribution in [0.5, 0.6) is 0 Å². The maximum absolute atomic E-state index is 4.90. The molecule has 6 heavy (non-hydrogen) atoms. The largest absolute Gasteiger partial charge is 0.307 e. The zero-order chi connectivity index (χ0) is 4.83. The molecule has 0 aliphatic carbocycles. The molecule has 0 aromatic carbocycles. The van der Waals surface area contributed by atoms with Crippen molar-refractivity contribution in [2.75, 3.05) is 13.1 Å². The minimum atomic E-state index is 0.691. The van der Waals surface area contributed by atoms with Crippen molar-refractivity contribution in [2.24, 2.45) is 0 Å². The average molecular weight is 83.1 g/mol. The standard InChI is InChI=1S/C5H9N/c1-3-5-6-4-2/h1,6H,4-5H2,2H3. The number of nitrogens with one attached hydrogen (secondary N) is 1. The van der Waals surface area contributed by atoms with E-state index < -0.39 is 0 Å². The molecular formula is C5H9N. The normalized spacial score (nSPS) is 7.33. The summed E-state index contributed by atoms with van der Waals surface area (Å²) >= 11 is 0. The van der Waals surface area contributed by atoms with Crippen LogP contribution in [0.2, 0.25) is 0 Å². The quantitative estimate of drug-likeness (QED) is 0.372. The summed E-state index contributed by atoms with van der Waals surface area (Å²) in [5.41, 5.74) is 0. The minimum Gasteiger partial charge on any atom is -0.307 e. The molecular weight excluding hydrogens is 74.1 g/mol. The summed E-state index contributed by atoms with van der Waals surface area (Å²) in [6.07, 6.45) is 4.90. The van der Waals surface area contributed by atoms with Crippen molar-refractivity contribution in [1.29, 1.82) is 0 Å². The summed E-state index contributed by atoms with van der Waals surface area (Å²) < 4.78 is 0. The Bertz CT molecular complexity index is 51.4. The summed E-state index contributed by atoms with van der Waals surface area (Å²) in [5, 5.41) is 2.96. The molecule has 0 rings (SSSR count). The van der Waals surface area contributed by atoms with Crippen LogP contribution < -0.4 is 5.32 Å².